The maximum Gasteiger partial charge on any atom is 0.193 e. The lowest BCUT2D eigenvalue weighted by Gasteiger charge is -2.15. The summed E-state index contributed by atoms with van der Waals surface area (Å²) < 4.78 is 19.2. The van der Waals surface area contributed by atoms with Gasteiger partial charge in [-0.05, 0) is 52.3 Å². The third kappa shape index (κ3) is 2.48. The van der Waals surface area contributed by atoms with E-state index in [9.17, 15) is 9.18 Å². The summed E-state index contributed by atoms with van der Waals surface area (Å²) in [5.41, 5.74) is 1.98. The van der Waals surface area contributed by atoms with Crippen LogP contribution in [0.5, 0.6) is 5.75 Å². The molecule has 2 aromatic carbocycles. The lowest BCUT2D eigenvalue weighted by molar-refractivity contribution is 0.103. The molecule has 0 spiro atoms. The number of hydrogen-bond donors (Lipinski definition) is 0. The minimum absolute atomic E-state index is 0.102. The van der Waals surface area contributed by atoms with Gasteiger partial charge in [0.25, 0.3) is 0 Å². The quantitative estimate of drug-likeness (QED) is 0.747. The maximum atomic E-state index is 13.3. The molecule has 0 aromatic heterocycles. The van der Waals surface area contributed by atoms with Crippen molar-refractivity contribution in [2.45, 2.75) is 19.3 Å². The van der Waals surface area contributed by atoms with E-state index in [1.54, 1.807) is 6.07 Å². The smallest absolute Gasteiger partial charge is 0.193 e. The molecular weight excluding hydrogens is 335 g/mol. The van der Waals surface area contributed by atoms with Crippen LogP contribution >= 0.6 is 15.9 Å². The molecule has 0 aliphatic carbocycles. The molecule has 21 heavy (non-hydrogen) atoms. The van der Waals surface area contributed by atoms with Gasteiger partial charge in [-0.15, -0.1) is 0 Å². The van der Waals surface area contributed by atoms with Crippen LogP contribution in [0.15, 0.2) is 40.9 Å². The van der Waals surface area contributed by atoms with Crippen LogP contribution < -0.4 is 4.74 Å². The molecule has 0 radical (unpaired) electrons. The van der Waals surface area contributed by atoms with E-state index in [4.69, 9.17) is 4.74 Å². The third-order valence-corrected chi connectivity index (χ3v) is 4.35. The largest absolute Gasteiger partial charge is 0.492 e. The summed E-state index contributed by atoms with van der Waals surface area (Å²) in [6.45, 7) is 4.78. The van der Waals surface area contributed by atoms with E-state index < -0.39 is 0 Å². The fourth-order valence-electron chi connectivity index (χ4n) is 2.47. The molecule has 1 aliphatic heterocycles. The minimum Gasteiger partial charge on any atom is -0.492 e. The first-order chi connectivity index (χ1) is 9.88. The van der Waals surface area contributed by atoms with E-state index in [0.717, 1.165) is 11.3 Å². The van der Waals surface area contributed by atoms with Crippen LogP contribution in [0.1, 0.15) is 35.3 Å². The Morgan fingerprint density at radius 1 is 1.19 bits per heavy atom. The van der Waals surface area contributed by atoms with Crippen molar-refractivity contribution in [3.8, 4) is 5.75 Å². The number of benzene rings is 2. The van der Waals surface area contributed by atoms with Gasteiger partial charge in [-0.2, -0.15) is 0 Å². The maximum absolute atomic E-state index is 13.3. The standard InChI is InChI=1S/C17H14BrFO2/c1-17(2)9-21-15-6-4-10(7-12(15)17)16(20)11-3-5-14(19)13(18)8-11/h3-8H,9H2,1-2H3. The normalized spacial score (nSPS) is 15.4. The highest BCUT2D eigenvalue weighted by atomic mass is 79.9. The van der Waals surface area contributed by atoms with Crippen molar-refractivity contribution in [1.82, 2.24) is 0 Å². The molecule has 0 unspecified atom stereocenters. The summed E-state index contributed by atoms with van der Waals surface area (Å²) in [7, 11) is 0. The van der Waals surface area contributed by atoms with Crippen molar-refractivity contribution >= 4 is 21.7 Å². The topological polar surface area (TPSA) is 26.3 Å². The van der Waals surface area contributed by atoms with Gasteiger partial charge in [0.2, 0.25) is 0 Å². The summed E-state index contributed by atoms with van der Waals surface area (Å²) in [5.74, 6) is 0.327. The molecule has 2 nitrogen and oxygen atoms in total. The highest BCUT2D eigenvalue weighted by molar-refractivity contribution is 9.10. The molecular formula is C17H14BrFO2. The van der Waals surface area contributed by atoms with Crippen LogP contribution in [-0.4, -0.2) is 12.4 Å². The van der Waals surface area contributed by atoms with E-state index in [1.807, 2.05) is 12.1 Å². The molecule has 0 N–H and O–H groups in total. The highest BCUT2D eigenvalue weighted by Gasteiger charge is 2.32. The zero-order valence-electron chi connectivity index (χ0n) is 11.7. The Labute approximate surface area is 131 Å². The van der Waals surface area contributed by atoms with Crippen LogP contribution in [0.4, 0.5) is 4.39 Å². The van der Waals surface area contributed by atoms with Crippen molar-refractivity contribution in [1.29, 1.82) is 0 Å². The van der Waals surface area contributed by atoms with Crippen molar-refractivity contribution in [3.63, 3.8) is 0 Å². The second-order valence-electron chi connectivity index (χ2n) is 5.84. The average molecular weight is 349 g/mol. The summed E-state index contributed by atoms with van der Waals surface area (Å²) in [6, 6.07) is 9.75. The molecule has 108 valence electrons. The average Bonchev–Trinajstić information content (AvgIpc) is 2.76. The number of ether oxygens (including phenoxy) is 1. The molecule has 3 rings (SSSR count). The minimum atomic E-state index is -0.380. The Balaban J connectivity index is 2.01. The molecule has 0 saturated heterocycles. The van der Waals surface area contributed by atoms with Crippen molar-refractivity contribution < 1.29 is 13.9 Å². The van der Waals surface area contributed by atoms with E-state index in [-0.39, 0.29) is 21.5 Å². The van der Waals surface area contributed by atoms with E-state index in [0.29, 0.717) is 17.7 Å². The lowest BCUT2D eigenvalue weighted by Crippen LogP contribution is -2.18. The van der Waals surface area contributed by atoms with Crippen LogP contribution in [-0.2, 0) is 5.41 Å². The second kappa shape index (κ2) is 4.95. The zero-order valence-corrected chi connectivity index (χ0v) is 13.3. The predicted octanol–water partition coefficient (Wildman–Crippen LogP) is 4.49. The number of fused-ring (bicyclic) bond motifs is 1. The van der Waals surface area contributed by atoms with Crippen LogP contribution in [0.2, 0.25) is 0 Å². The van der Waals surface area contributed by atoms with Crippen LogP contribution in [0.3, 0.4) is 0 Å². The van der Waals surface area contributed by atoms with Gasteiger partial charge in [-0.3, -0.25) is 4.79 Å². The molecule has 0 bridgehead atoms. The molecule has 0 fully saturated rings. The second-order valence-corrected chi connectivity index (χ2v) is 6.70. The Bertz CT molecular complexity index is 738. The molecule has 2 aromatic rings. The molecule has 0 atom stereocenters. The van der Waals surface area contributed by atoms with Crippen molar-refractivity contribution in [2.24, 2.45) is 0 Å². The number of halogens is 2. The van der Waals surface area contributed by atoms with Gasteiger partial charge in [0.15, 0.2) is 5.78 Å². The Morgan fingerprint density at radius 3 is 2.57 bits per heavy atom. The van der Waals surface area contributed by atoms with Gasteiger partial charge in [-0.25, -0.2) is 4.39 Å². The summed E-state index contributed by atoms with van der Waals surface area (Å²) in [5, 5.41) is 0. The molecule has 0 amide bonds. The predicted molar refractivity (Wildman–Crippen MR) is 82.5 cm³/mol. The van der Waals surface area contributed by atoms with Crippen LogP contribution in [0, 0.1) is 5.82 Å². The Hall–Kier alpha value is -1.68. The molecule has 1 aliphatic rings. The first-order valence-corrected chi connectivity index (χ1v) is 7.45. The number of hydrogen-bond acceptors (Lipinski definition) is 2. The monoisotopic (exact) mass is 348 g/mol. The van der Waals surface area contributed by atoms with E-state index >= 15 is 0 Å². The van der Waals surface area contributed by atoms with E-state index in [1.165, 1.54) is 18.2 Å². The van der Waals surface area contributed by atoms with Gasteiger partial charge >= 0.3 is 0 Å². The molecule has 0 saturated carbocycles. The molecule has 1 heterocycles. The lowest BCUT2D eigenvalue weighted by atomic mass is 9.85. The van der Waals surface area contributed by atoms with Crippen LogP contribution in [0.25, 0.3) is 0 Å². The number of carbonyl (C=O) groups is 1. The first kappa shape index (κ1) is 14.3. The number of carbonyl (C=O) groups excluding carboxylic acids is 1. The van der Waals surface area contributed by atoms with Crippen molar-refractivity contribution in [3.05, 3.63) is 63.4 Å². The van der Waals surface area contributed by atoms with E-state index in [2.05, 4.69) is 29.8 Å². The fraction of sp³-hybridized carbons (Fsp3) is 0.235. The summed E-state index contributed by atoms with van der Waals surface area (Å²) in [4.78, 5) is 12.5. The highest BCUT2D eigenvalue weighted by Crippen LogP contribution is 2.39. The fourth-order valence-corrected chi connectivity index (χ4v) is 2.84. The van der Waals surface area contributed by atoms with Gasteiger partial charge in [-0.1, -0.05) is 13.8 Å². The third-order valence-electron chi connectivity index (χ3n) is 3.74. The summed E-state index contributed by atoms with van der Waals surface area (Å²) in [6.07, 6.45) is 0. The first-order valence-electron chi connectivity index (χ1n) is 6.65. The summed E-state index contributed by atoms with van der Waals surface area (Å²) >= 11 is 3.11. The Morgan fingerprint density at radius 2 is 1.86 bits per heavy atom. The Kier molecular flexibility index (Phi) is 3.36. The number of rotatable bonds is 2. The SMILES string of the molecule is CC1(C)COc2ccc(C(=O)c3ccc(F)c(Br)c3)cc21. The van der Waals surface area contributed by atoms with Crippen molar-refractivity contribution in [2.75, 3.05) is 6.61 Å². The number of ketones is 1. The van der Waals surface area contributed by atoms with Gasteiger partial charge in [0.05, 0.1) is 11.1 Å². The molecule has 4 heteroatoms. The van der Waals surface area contributed by atoms with Gasteiger partial charge in [0, 0.05) is 22.1 Å². The van der Waals surface area contributed by atoms with Gasteiger partial charge < -0.3 is 4.74 Å². The van der Waals surface area contributed by atoms with Gasteiger partial charge in [0.1, 0.15) is 11.6 Å². The zero-order chi connectivity index (χ0) is 15.2.